The second-order valence-corrected chi connectivity index (χ2v) is 5.21. The molecule has 0 aliphatic heterocycles. The van der Waals surface area contributed by atoms with Gasteiger partial charge in [0.05, 0.1) is 11.7 Å². The Kier molecular flexibility index (Phi) is 5.39. The summed E-state index contributed by atoms with van der Waals surface area (Å²) in [6.07, 6.45) is -0.230. The molecule has 1 aromatic heterocycles. The zero-order valence-corrected chi connectivity index (χ0v) is 12.8. The Balaban J connectivity index is 2.99. The summed E-state index contributed by atoms with van der Waals surface area (Å²) < 4.78 is 10.1. The van der Waals surface area contributed by atoms with Crippen LogP contribution in [0.2, 0.25) is 0 Å². The monoisotopic (exact) mass is 299 g/mol. The number of aryl methyl sites for hydroxylation is 1. The molecule has 0 amide bonds. The zero-order valence-electron chi connectivity index (χ0n) is 12.0. The first-order chi connectivity index (χ1) is 9.23. The third kappa shape index (κ3) is 3.87. The van der Waals surface area contributed by atoms with Crippen molar-refractivity contribution in [3.8, 4) is 0 Å². The predicted molar refractivity (Wildman–Crippen MR) is 76.1 cm³/mol. The molecule has 1 N–H and O–H groups in total. The summed E-state index contributed by atoms with van der Waals surface area (Å²) in [6.45, 7) is 10.2. The van der Waals surface area contributed by atoms with Gasteiger partial charge >= 0.3 is 11.9 Å². The molecule has 0 bridgehead atoms. The van der Waals surface area contributed by atoms with Crippen LogP contribution in [0.3, 0.4) is 0 Å². The Hall–Kier alpha value is -1.75. The normalized spacial score (nSPS) is 10.5. The lowest BCUT2D eigenvalue weighted by molar-refractivity contribution is 0.0376. The molecule has 1 heterocycles. The number of aromatic amines is 1. The van der Waals surface area contributed by atoms with Gasteiger partial charge in [0, 0.05) is 10.7 Å². The fraction of sp³-hybridized carbons (Fsp3) is 0.429. The standard InChI is InChI=1S/C14H18ClNO4/c1-7(2)20-13(17)11-9(4)12(16-10(11)5)14(18)19-6-8(3)15/h7,16H,3,6H2,1-2,4-5H3. The van der Waals surface area contributed by atoms with Gasteiger partial charge in [0.25, 0.3) is 0 Å². The topological polar surface area (TPSA) is 68.4 Å². The molecule has 5 nitrogen and oxygen atoms in total. The van der Waals surface area contributed by atoms with Gasteiger partial charge in [0.15, 0.2) is 0 Å². The number of H-pyrrole nitrogens is 1. The van der Waals surface area contributed by atoms with Crippen LogP contribution in [-0.2, 0) is 9.47 Å². The molecule has 1 rings (SSSR count). The Morgan fingerprint density at radius 2 is 1.90 bits per heavy atom. The van der Waals surface area contributed by atoms with E-state index in [-0.39, 0.29) is 23.4 Å². The molecule has 0 saturated carbocycles. The van der Waals surface area contributed by atoms with Gasteiger partial charge in [-0.3, -0.25) is 0 Å². The molecule has 0 atom stereocenters. The second-order valence-electron chi connectivity index (χ2n) is 4.67. The number of carbonyl (C=O) groups is 2. The summed E-state index contributed by atoms with van der Waals surface area (Å²) in [4.78, 5) is 26.7. The van der Waals surface area contributed by atoms with Crippen molar-refractivity contribution in [1.82, 2.24) is 4.98 Å². The predicted octanol–water partition coefficient (Wildman–Crippen LogP) is 3.11. The lowest BCUT2D eigenvalue weighted by Gasteiger charge is -2.08. The van der Waals surface area contributed by atoms with Crippen LogP contribution in [0.1, 0.15) is 46.0 Å². The van der Waals surface area contributed by atoms with Crippen LogP contribution in [0.5, 0.6) is 0 Å². The van der Waals surface area contributed by atoms with Gasteiger partial charge in [-0.05, 0) is 33.3 Å². The third-order valence-corrected chi connectivity index (χ3v) is 2.66. The first-order valence-electron chi connectivity index (χ1n) is 6.14. The lowest BCUT2D eigenvalue weighted by atomic mass is 10.1. The van der Waals surface area contributed by atoms with Gasteiger partial charge in [0.2, 0.25) is 0 Å². The van der Waals surface area contributed by atoms with Crippen LogP contribution in [0, 0.1) is 13.8 Å². The van der Waals surface area contributed by atoms with E-state index in [4.69, 9.17) is 21.1 Å². The van der Waals surface area contributed by atoms with Crippen LogP contribution >= 0.6 is 11.6 Å². The number of hydrogen-bond acceptors (Lipinski definition) is 4. The Bertz CT molecular complexity index is 546. The van der Waals surface area contributed by atoms with E-state index >= 15 is 0 Å². The molecular formula is C14H18ClNO4. The molecule has 0 aliphatic rings. The van der Waals surface area contributed by atoms with E-state index in [1.165, 1.54) is 0 Å². The molecule has 6 heteroatoms. The molecular weight excluding hydrogens is 282 g/mol. The molecule has 0 spiro atoms. The molecule has 0 saturated heterocycles. The fourth-order valence-electron chi connectivity index (χ4n) is 1.75. The summed E-state index contributed by atoms with van der Waals surface area (Å²) in [5.41, 5.74) is 1.63. The van der Waals surface area contributed by atoms with E-state index in [0.29, 0.717) is 16.8 Å². The molecule has 0 radical (unpaired) electrons. The molecule has 0 aromatic carbocycles. The van der Waals surface area contributed by atoms with Gasteiger partial charge in [-0.25, -0.2) is 9.59 Å². The van der Waals surface area contributed by atoms with Crippen LogP contribution in [0.25, 0.3) is 0 Å². The van der Waals surface area contributed by atoms with E-state index < -0.39 is 11.9 Å². The molecule has 0 fully saturated rings. The highest BCUT2D eigenvalue weighted by Gasteiger charge is 2.24. The first-order valence-corrected chi connectivity index (χ1v) is 6.52. The third-order valence-electron chi connectivity index (χ3n) is 2.55. The van der Waals surface area contributed by atoms with Gasteiger partial charge in [-0.2, -0.15) is 0 Å². The lowest BCUT2D eigenvalue weighted by Crippen LogP contribution is -2.13. The molecule has 110 valence electrons. The van der Waals surface area contributed by atoms with Crippen molar-refractivity contribution in [3.05, 3.63) is 34.1 Å². The maximum Gasteiger partial charge on any atom is 0.355 e. The van der Waals surface area contributed by atoms with Gasteiger partial charge in [0.1, 0.15) is 12.3 Å². The van der Waals surface area contributed by atoms with Crippen LogP contribution in [-0.4, -0.2) is 29.6 Å². The summed E-state index contributed by atoms with van der Waals surface area (Å²) in [6, 6.07) is 0. The number of nitrogens with one attached hydrogen (secondary N) is 1. The number of hydrogen-bond donors (Lipinski definition) is 1. The highest BCUT2D eigenvalue weighted by Crippen LogP contribution is 2.20. The van der Waals surface area contributed by atoms with Crippen molar-refractivity contribution >= 4 is 23.5 Å². The fourth-order valence-corrected chi connectivity index (χ4v) is 1.80. The van der Waals surface area contributed by atoms with E-state index in [1.54, 1.807) is 27.7 Å². The van der Waals surface area contributed by atoms with Crippen molar-refractivity contribution < 1.29 is 19.1 Å². The van der Waals surface area contributed by atoms with Crippen molar-refractivity contribution in [3.63, 3.8) is 0 Å². The minimum atomic E-state index is -0.587. The summed E-state index contributed by atoms with van der Waals surface area (Å²) >= 11 is 5.54. The van der Waals surface area contributed by atoms with Crippen LogP contribution in [0.15, 0.2) is 11.6 Å². The van der Waals surface area contributed by atoms with Crippen LogP contribution in [0.4, 0.5) is 0 Å². The number of aromatic nitrogens is 1. The summed E-state index contributed by atoms with van der Waals surface area (Å²) in [5.74, 6) is -1.05. The van der Waals surface area contributed by atoms with Crippen molar-refractivity contribution in [1.29, 1.82) is 0 Å². The second kappa shape index (κ2) is 6.61. The number of esters is 2. The molecule has 20 heavy (non-hydrogen) atoms. The quantitative estimate of drug-likeness (QED) is 0.848. The van der Waals surface area contributed by atoms with Crippen molar-refractivity contribution in [2.75, 3.05) is 6.61 Å². The minimum absolute atomic E-state index is 0.0797. The summed E-state index contributed by atoms with van der Waals surface area (Å²) in [7, 11) is 0. The van der Waals surface area contributed by atoms with E-state index in [2.05, 4.69) is 11.6 Å². The zero-order chi connectivity index (χ0) is 15.4. The molecule has 0 unspecified atom stereocenters. The first kappa shape index (κ1) is 16.3. The smallest absolute Gasteiger partial charge is 0.355 e. The maximum atomic E-state index is 12.0. The highest BCUT2D eigenvalue weighted by molar-refractivity contribution is 6.29. The number of carbonyl (C=O) groups excluding carboxylic acids is 2. The number of rotatable bonds is 5. The highest BCUT2D eigenvalue weighted by atomic mass is 35.5. The number of ether oxygens (including phenoxy) is 2. The Morgan fingerprint density at radius 3 is 2.40 bits per heavy atom. The average molecular weight is 300 g/mol. The van der Waals surface area contributed by atoms with Gasteiger partial charge in [-0.15, -0.1) is 0 Å². The summed E-state index contributed by atoms with van der Waals surface area (Å²) in [5, 5.41) is 0.221. The molecule has 0 aliphatic carbocycles. The Morgan fingerprint density at radius 1 is 1.30 bits per heavy atom. The number of halogens is 1. The van der Waals surface area contributed by atoms with Gasteiger partial charge in [-0.1, -0.05) is 18.2 Å². The van der Waals surface area contributed by atoms with Crippen molar-refractivity contribution in [2.24, 2.45) is 0 Å². The Labute approximate surface area is 122 Å². The van der Waals surface area contributed by atoms with Crippen molar-refractivity contribution in [2.45, 2.75) is 33.8 Å². The van der Waals surface area contributed by atoms with Crippen LogP contribution < -0.4 is 0 Å². The maximum absolute atomic E-state index is 12.0. The van der Waals surface area contributed by atoms with E-state index in [9.17, 15) is 9.59 Å². The van der Waals surface area contributed by atoms with Gasteiger partial charge < -0.3 is 14.5 Å². The van der Waals surface area contributed by atoms with E-state index in [0.717, 1.165) is 0 Å². The average Bonchev–Trinajstić information content (AvgIpc) is 2.60. The largest absolute Gasteiger partial charge is 0.459 e. The van der Waals surface area contributed by atoms with E-state index in [1.807, 2.05) is 0 Å². The molecule has 1 aromatic rings. The minimum Gasteiger partial charge on any atom is -0.459 e. The SMILES string of the molecule is C=C(Cl)COC(=O)c1[nH]c(C)c(C(=O)OC(C)C)c1C.